The Morgan fingerprint density at radius 1 is 1.00 bits per heavy atom. The fourth-order valence-corrected chi connectivity index (χ4v) is 2.65. The van der Waals surface area contributed by atoms with Crippen LogP contribution in [-0.4, -0.2) is 5.16 Å². The highest BCUT2D eigenvalue weighted by Gasteiger charge is 2.20. The van der Waals surface area contributed by atoms with Crippen molar-refractivity contribution in [2.75, 3.05) is 5.73 Å². The van der Waals surface area contributed by atoms with E-state index >= 15 is 0 Å². The third-order valence-electron chi connectivity index (χ3n) is 3.78. The molecule has 0 bridgehead atoms. The second-order valence-electron chi connectivity index (χ2n) is 5.10. The molecule has 0 unspecified atom stereocenters. The van der Waals surface area contributed by atoms with Crippen LogP contribution in [0, 0.1) is 6.92 Å². The number of nitrogen functional groups attached to an aromatic ring is 1. The number of aryl methyl sites for hydroxylation is 2. The van der Waals surface area contributed by atoms with Crippen molar-refractivity contribution in [3.8, 4) is 22.5 Å². The monoisotopic (exact) mass is 278 g/mol. The predicted octanol–water partition coefficient (Wildman–Crippen LogP) is 4.46. The van der Waals surface area contributed by atoms with Crippen LogP contribution in [0.5, 0.6) is 0 Å². The smallest absolute Gasteiger partial charge is 0.177 e. The molecule has 0 amide bonds. The van der Waals surface area contributed by atoms with Crippen LogP contribution in [0.25, 0.3) is 22.5 Å². The van der Waals surface area contributed by atoms with E-state index in [0.29, 0.717) is 5.82 Å². The minimum Gasteiger partial charge on any atom is -0.380 e. The number of anilines is 1. The van der Waals surface area contributed by atoms with Crippen molar-refractivity contribution in [1.82, 2.24) is 5.16 Å². The first-order valence-electron chi connectivity index (χ1n) is 7.11. The number of hydrogen-bond donors (Lipinski definition) is 1. The number of nitrogens with zero attached hydrogens (tertiary/aromatic N) is 1. The van der Waals surface area contributed by atoms with Crippen LogP contribution in [0.1, 0.15) is 18.1 Å². The highest BCUT2D eigenvalue weighted by molar-refractivity contribution is 5.88. The number of hydrogen-bond acceptors (Lipinski definition) is 3. The quantitative estimate of drug-likeness (QED) is 0.769. The van der Waals surface area contributed by atoms with Crippen LogP contribution in [0.2, 0.25) is 0 Å². The standard InChI is InChI=1S/C18H18N2O/c1-3-13-9-5-7-11-15(13)17-16(18(19)20-21-17)14-10-6-4-8-12(14)2/h4-11H,3H2,1-2H3,(H2,19,20). The van der Waals surface area contributed by atoms with E-state index in [9.17, 15) is 0 Å². The topological polar surface area (TPSA) is 52.0 Å². The Bertz CT molecular complexity index is 774. The zero-order valence-electron chi connectivity index (χ0n) is 12.3. The van der Waals surface area contributed by atoms with E-state index in [2.05, 4.69) is 43.3 Å². The van der Waals surface area contributed by atoms with Gasteiger partial charge in [-0.2, -0.15) is 0 Å². The highest BCUT2D eigenvalue weighted by atomic mass is 16.5. The number of nitrogens with two attached hydrogens (primary N) is 1. The molecular formula is C18H18N2O. The first kappa shape index (κ1) is 13.4. The molecular weight excluding hydrogens is 260 g/mol. The molecule has 3 heteroatoms. The maximum atomic E-state index is 6.07. The summed E-state index contributed by atoms with van der Waals surface area (Å²) in [6, 6.07) is 16.3. The van der Waals surface area contributed by atoms with Gasteiger partial charge in [0.25, 0.3) is 0 Å². The number of benzene rings is 2. The van der Waals surface area contributed by atoms with Crippen LogP contribution in [0.4, 0.5) is 5.82 Å². The molecule has 2 aromatic carbocycles. The molecule has 0 aliphatic heterocycles. The Balaban J connectivity index is 2.25. The van der Waals surface area contributed by atoms with E-state index in [-0.39, 0.29) is 0 Å². The summed E-state index contributed by atoms with van der Waals surface area (Å²) in [5, 5.41) is 3.99. The fourth-order valence-electron chi connectivity index (χ4n) is 2.65. The molecule has 1 heterocycles. The fraction of sp³-hybridized carbons (Fsp3) is 0.167. The molecule has 0 fully saturated rings. The summed E-state index contributed by atoms with van der Waals surface area (Å²) in [5.74, 6) is 1.18. The zero-order chi connectivity index (χ0) is 14.8. The lowest BCUT2D eigenvalue weighted by atomic mass is 9.95. The summed E-state index contributed by atoms with van der Waals surface area (Å²) in [6.07, 6.45) is 0.935. The van der Waals surface area contributed by atoms with Gasteiger partial charge in [0, 0.05) is 5.56 Å². The predicted molar refractivity (Wildman–Crippen MR) is 85.9 cm³/mol. The van der Waals surface area contributed by atoms with Gasteiger partial charge in [0.15, 0.2) is 11.6 Å². The van der Waals surface area contributed by atoms with Crippen LogP contribution in [0.15, 0.2) is 53.1 Å². The van der Waals surface area contributed by atoms with Gasteiger partial charge < -0.3 is 10.3 Å². The van der Waals surface area contributed by atoms with Crippen LogP contribution >= 0.6 is 0 Å². The van der Waals surface area contributed by atoms with E-state index in [1.54, 1.807) is 0 Å². The van der Waals surface area contributed by atoms with Gasteiger partial charge in [-0.1, -0.05) is 60.6 Å². The summed E-state index contributed by atoms with van der Waals surface area (Å²) in [6.45, 7) is 4.20. The van der Waals surface area contributed by atoms with Gasteiger partial charge >= 0.3 is 0 Å². The van der Waals surface area contributed by atoms with Gasteiger partial charge in [0.05, 0.1) is 5.56 Å². The van der Waals surface area contributed by atoms with E-state index in [0.717, 1.165) is 34.4 Å². The van der Waals surface area contributed by atoms with E-state index < -0.39 is 0 Å². The molecule has 0 aliphatic rings. The number of rotatable bonds is 3. The van der Waals surface area contributed by atoms with E-state index in [1.807, 2.05) is 24.3 Å². The van der Waals surface area contributed by atoms with Gasteiger partial charge in [-0.05, 0) is 30.0 Å². The Hall–Kier alpha value is -2.55. The molecule has 2 N–H and O–H groups in total. The van der Waals surface area contributed by atoms with Crippen molar-refractivity contribution < 1.29 is 4.52 Å². The molecule has 0 spiro atoms. The Labute approximate surface area is 124 Å². The molecule has 0 aliphatic carbocycles. The SMILES string of the molecule is CCc1ccccc1-c1onc(N)c1-c1ccccc1C. The summed E-state index contributed by atoms with van der Waals surface area (Å²) >= 11 is 0. The molecule has 1 aromatic heterocycles. The summed E-state index contributed by atoms with van der Waals surface area (Å²) in [4.78, 5) is 0. The second-order valence-corrected chi connectivity index (χ2v) is 5.10. The van der Waals surface area contributed by atoms with E-state index in [4.69, 9.17) is 10.3 Å². The zero-order valence-corrected chi connectivity index (χ0v) is 12.3. The average molecular weight is 278 g/mol. The second kappa shape index (κ2) is 5.44. The molecule has 3 nitrogen and oxygen atoms in total. The van der Waals surface area contributed by atoms with Crippen molar-refractivity contribution in [2.45, 2.75) is 20.3 Å². The van der Waals surface area contributed by atoms with Crippen LogP contribution < -0.4 is 5.73 Å². The first-order valence-corrected chi connectivity index (χ1v) is 7.11. The van der Waals surface area contributed by atoms with Crippen LogP contribution in [0.3, 0.4) is 0 Å². The molecule has 0 saturated carbocycles. The van der Waals surface area contributed by atoms with Crippen molar-refractivity contribution in [3.63, 3.8) is 0 Å². The van der Waals surface area contributed by atoms with Gasteiger partial charge in [0.1, 0.15) is 0 Å². The maximum absolute atomic E-state index is 6.07. The lowest BCUT2D eigenvalue weighted by molar-refractivity contribution is 0.435. The maximum Gasteiger partial charge on any atom is 0.177 e. The molecule has 3 rings (SSSR count). The summed E-state index contributed by atoms with van der Waals surface area (Å²) in [7, 11) is 0. The van der Waals surface area contributed by atoms with Crippen molar-refractivity contribution in [1.29, 1.82) is 0 Å². The van der Waals surface area contributed by atoms with Crippen molar-refractivity contribution >= 4 is 5.82 Å². The molecule has 106 valence electrons. The Morgan fingerprint density at radius 3 is 2.38 bits per heavy atom. The van der Waals surface area contributed by atoms with Crippen molar-refractivity contribution in [3.05, 3.63) is 59.7 Å². The highest BCUT2D eigenvalue weighted by Crippen LogP contribution is 2.39. The van der Waals surface area contributed by atoms with Crippen molar-refractivity contribution in [2.24, 2.45) is 0 Å². The molecule has 3 aromatic rings. The third-order valence-corrected chi connectivity index (χ3v) is 3.78. The van der Waals surface area contributed by atoms with E-state index in [1.165, 1.54) is 5.56 Å². The molecule has 21 heavy (non-hydrogen) atoms. The first-order chi connectivity index (χ1) is 10.2. The van der Waals surface area contributed by atoms with Gasteiger partial charge in [-0.15, -0.1) is 0 Å². The van der Waals surface area contributed by atoms with Gasteiger partial charge in [0.2, 0.25) is 0 Å². The lowest BCUT2D eigenvalue weighted by Crippen LogP contribution is -1.92. The summed E-state index contributed by atoms with van der Waals surface area (Å²) in [5.41, 5.74) is 11.5. The number of aromatic nitrogens is 1. The van der Waals surface area contributed by atoms with Gasteiger partial charge in [-0.25, -0.2) is 0 Å². The minimum absolute atomic E-state index is 0.435. The van der Waals surface area contributed by atoms with Crippen LogP contribution in [-0.2, 0) is 6.42 Å². The Morgan fingerprint density at radius 2 is 1.67 bits per heavy atom. The lowest BCUT2D eigenvalue weighted by Gasteiger charge is -2.09. The molecule has 0 radical (unpaired) electrons. The molecule has 0 saturated heterocycles. The minimum atomic E-state index is 0.435. The van der Waals surface area contributed by atoms with Gasteiger partial charge in [-0.3, -0.25) is 0 Å². The third kappa shape index (κ3) is 2.31. The summed E-state index contributed by atoms with van der Waals surface area (Å²) < 4.78 is 5.56. The Kier molecular flexibility index (Phi) is 3.48. The average Bonchev–Trinajstić information content (AvgIpc) is 2.89. The molecule has 0 atom stereocenters. The largest absolute Gasteiger partial charge is 0.380 e. The normalized spacial score (nSPS) is 10.8.